The number of anilines is 1. The Bertz CT molecular complexity index is 733. The van der Waals surface area contributed by atoms with E-state index in [-0.39, 0.29) is 18.0 Å². The Morgan fingerprint density at radius 2 is 1.79 bits per heavy atom. The van der Waals surface area contributed by atoms with Crippen LogP contribution in [0, 0.1) is 0 Å². The molecule has 0 bridgehead atoms. The largest absolute Gasteiger partial charge is 0.372 e. The van der Waals surface area contributed by atoms with Crippen LogP contribution in [-0.2, 0) is 4.79 Å². The van der Waals surface area contributed by atoms with Gasteiger partial charge in [-0.3, -0.25) is 4.79 Å². The normalized spacial score (nSPS) is 20.4. The number of nitrogens with one attached hydrogen (secondary N) is 3. The highest BCUT2D eigenvalue weighted by molar-refractivity contribution is 7.80. The van der Waals surface area contributed by atoms with Gasteiger partial charge in [0.05, 0.1) is 11.6 Å². The summed E-state index contributed by atoms with van der Waals surface area (Å²) >= 11 is 5.37. The van der Waals surface area contributed by atoms with Gasteiger partial charge >= 0.3 is 0 Å². The molecule has 0 radical (unpaired) electrons. The molecule has 1 atom stereocenters. The number of hydrogen-bond acceptors (Lipinski definition) is 3. The Balaban J connectivity index is 1.83. The summed E-state index contributed by atoms with van der Waals surface area (Å²) in [4.78, 5) is 15.4. The van der Waals surface area contributed by atoms with Crippen LogP contribution in [0.25, 0.3) is 0 Å². The van der Waals surface area contributed by atoms with E-state index >= 15 is 0 Å². The third-order valence-corrected chi connectivity index (χ3v) is 6.03. The van der Waals surface area contributed by atoms with Gasteiger partial charge in [-0.2, -0.15) is 0 Å². The summed E-state index contributed by atoms with van der Waals surface area (Å²) in [5.41, 5.74) is 3.80. The van der Waals surface area contributed by atoms with E-state index in [0.29, 0.717) is 5.11 Å². The zero-order valence-electron chi connectivity index (χ0n) is 17.2. The molecule has 1 aromatic carbocycles. The summed E-state index contributed by atoms with van der Waals surface area (Å²) in [6, 6.07) is 8.49. The summed E-state index contributed by atoms with van der Waals surface area (Å²) < 4.78 is 0. The van der Waals surface area contributed by atoms with Crippen molar-refractivity contribution in [1.82, 2.24) is 16.0 Å². The molecule has 28 heavy (non-hydrogen) atoms. The fourth-order valence-corrected chi connectivity index (χ4v) is 4.49. The molecule has 1 aromatic rings. The zero-order valence-corrected chi connectivity index (χ0v) is 18.0. The molecule has 5 nitrogen and oxygen atoms in total. The van der Waals surface area contributed by atoms with Crippen molar-refractivity contribution >= 4 is 28.9 Å². The van der Waals surface area contributed by atoms with E-state index in [1.807, 2.05) is 6.92 Å². The average molecular weight is 401 g/mol. The van der Waals surface area contributed by atoms with Gasteiger partial charge in [0, 0.05) is 30.5 Å². The highest BCUT2D eigenvalue weighted by Gasteiger charge is 2.31. The van der Waals surface area contributed by atoms with Crippen LogP contribution in [-0.4, -0.2) is 30.2 Å². The maximum Gasteiger partial charge on any atom is 0.251 e. The third kappa shape index (κ3) is 4.66. The van der Waals surface area contributed by atoms with Crippen molar-refractivity contribution in [1.29, 1.82) is 0 Å². The predicted octanol–water partition coefficient (Wildman–Crippen LogP) is 3.77. The Kier molecular flexibility index (Phi) is 6.94. The topological polar surface area (TPSA) is 56.4 Å². The average Bonchev–Trinajstić information content (AvgIpc) is 2.69. The molecule has 1 saturated carbocycles. The zero-order chi connectivity index (χ0) is 20.1. The lowest BCUT2D eigenvalue weighted by molar-refractivity contribution is -0.118. The van der Waals surface area contributed by atoms with Crippen LogP contribution in [0.4, 0.5) is 5.69 Å². The molecule has 1 aliphatic carbocycles. The molecule has 3 N–H and O–H groups in total. The first-order valence-corrected chi connectivity index (χ1v) is 10.9. The van der Waals surface area contributed by atoms with Crippen LogP contribution < -0.4 is 20.9 Å². The van der Waals surface area contributed by atoms with Gasteiger partial charge in [-0.05, 0) is 63.5 Å². The molecule has 3 rings (SSSR count). The van der Waals surface area contributed by atoms with Gasteiger partial charge in [0.2, 0.25) is 0 Å². The van der Waals surface area contributed by atoms with Gasteiger partial charge in [-0.1, -0.05) is 31.4 Å². The van der Waals surface area contributed by atoms with E-state index < -0.39 is 0 Å². The fourth-order valence-electron chi connectivity index (χ4n) is 4.22. The first-order chi connectivity index (χ1) is 13.5. The smallest absolute Gasteiger partial charge is 0.251 e. The summed E-state index contributed by atoms with van der Waals surface area (Å²) in [5.74, 6) is 0.00437. The Hall–Kier alpha value is -2.08. The highest BCUT2D eigenvalue weighted by Crippen LogP contribution is 2.29. The van der Waals surface area contributed by atoms with Crippen LogP contribution in [0.5, 0.6) is 0 Å². The van der Waals surface area contributed by atoms with Gasteiger partial charge in [0.25, 0.3) is 5.91 Å². The molecule has 0 aromatic heterocycles. The van der Waals surface area contributed by atoms with Crippen molar-refractivity contribution in [2.75, 3.05) is 18.0 Å². The molecule has 1 heterocycles. The van der Waals surface area contributed by atoms with Crippen LogP contribution in [0.1, 0.15) is 64.5 Å². The molecule has 152 valence electrons. The van der Waals surface area contributed by atoms with Gasteiger partial charge < -0.3 is 20.9 Å². The van der Waals surface area contributed by atoms with Crippen molar-refractivity contribution < 1.29 is 4.79 Å². The van der Waals surface area contributed by atoms with E-state index in [1.165, 1.54) is 24.9 Å². The number of hydrogen-bond donors (Lipinski definition) is 3. The Labute approximate surface area is 173 Å². The van der Waals surface area contributed by atoms with Gasteiger partial charge in [0.15, 0.2) is 5.11 Å². The third-order valence-electron chi connectivity index (χ3n) is 5.81. The maximum atomic E-state index is 13.1. The molecule has 0 saturated heterocycles. The van der Waals surface area contributed by atoms with Crippen molar-refractivity contribution in [2.24, 2.45) is 0 Å². The lowest BCUT2D eigenvalue weighted by Gasteiger charge is -2.32. The van der Waals surface area contributed by atoms with Crippen molar-refractivity contribution in [3.8, 4) is 0 Å². The highest BCUT2D eigenvalue weighted by atomic mass is 32.1. The number of benzene rings is 1. The number of carbonyl (C=O) groups excluding carboxylic acids is 1. The fraction of sp³-hybridized carbons (Fsp3) is 0.545. The van der Waals surface area contributed by atoms with Crippen LogP contribution in [0.15, 0.2) is 35.5 Å². The van der Waals surface area contributed by atoms with Crippen LogP contribution in [0.3, 0.4) is 0 Å². The minimum Gasteiger partial charge on any atom is -0.372 e. The SMILES string of the molecule is CCN(CC)c1ccc(C2NC(=S)NC(C)=C2C(=O)NC2CCCCC2)cc1. The van der Waals surface area contributed by atoms with Gasteiger partial charge in [0.1, 0.15) is 0 Å². The minimum absolute atomic E-state index is 0.00437. The summed E-state index contributed by atoms with van der Waals surface area (Å²) in [6.07, 6.45) is 5.80. The number of carbonyl (C=O) groups is 1. The molecular formula is C22H32N4OS. The Morgan fingerprint density at radius 1 is 1.14 bits per heavy atom. The van der Waals surface area contributed by atoms with E-state index in [4.69, 9.17) is 12.2 Å². The van der Waals surface area contributed by atoms with E-state index in [2.05, 4.69) is 59.0 Å². The van der Waals surface area contributed by atoms with Crippen molar-refractivity contribution in [3.63, 3.8) is 0 Å². The van der Waals surface area contributed by atoms with E-state index in [1.54, 1.807) is 0 Å². The molecular weight excluding hydrogens is 368 g/mol. The van der Waals surface area contributed by atoms with Crippen LogP contribution >= 0.6 is 12.2 Å². The summed E-state index contributed by atoms with van der Waals surface area (Å²) in [5, 5.41) is 10.2. The lowest BCUT2D eigenvalue weighted by Crippen LogP contribution is -2.48. The number of allylic oxidation sites excluding steroid dienone is 1. The quantitative estimate of drug-likeness (QED) is 0.635. The van der Waals surface area contributed by atoms with E-state index in [9.17, 15) is 4.79 Å². The van der Waals surface area contributed by atoms with Crippen LogP contribution in [0.2, 0.25) is 0 Å². The molecule has 1 amide bonds. The molecule has 1 unspecified atom stereocenters. The van der Waals surface area contributed by atoms with Crippen molar-refractivity contribution in [2.45, 2.75) is 65.0 Å². The second-order valence-corrected chi connectivity index (χ2v) is 8.05. The van der Waals surface area contributed by atoms with E-state index in [0.717, 1.165) is 42.8 Å². The second kappa shape index (κ2) is 9.41. The van der Waals surface area contributed by atoms with Gasteiger partial charge in [-0.15, -0.1) is 0 Å². The van der Waals surface area contributed by atoms with Crippen molar-refractivity contribution in [3.05, 3.63) is 41.1 Å². The predicted molar refractivity (Wildman–Crippen MR) is 119 cm³/mol. The number of nitrogens with zero attached hydrogens (tertiary/aromatic N) is 1. The minimum atomic E-state index is -0.233. The summed E-state index contributed by atoms with van der Waals surface area (Å²) in [6.45, 7) is 8.19. The molecule has 1 fully saturated rings. The summed E-state index contributed by atoms with van der Waals surface area (Å²) in [7, 11) is 0. The molecule has 0 spiro atoms. The second-order valence-electron chi connectivity index (χ2n) is 7.64. The molecule has 6 heteroatoms. The molecule has 2 aliphatic rings. The lowest BCUT2D eigenvalue weighted by atomic mass is 9.92. The first-order valence-electron chi connectivity index (χ1n) is 10.5. The molecule has 1 aliphatic heterocycles. The first kappa shape index (κ1) is 20.6. The number of amides is 1. The number of rotatable bonds is 6. The standard InChI is InChI=1S/C22H32N4OS/c1-4-26(5-2)18-13-11-16(12-14-18)20-19(15(3)23-22(28)25-20)21(27)24-17-9-7-6-8-10-17/h11-14,17,20H,4-10H2,1-3H3,(H,24,27)(H2,23,25,28). The monoisotopic (exact) mass is 400 g/mol. The van der Waals surface area contributed by atoms with Gasteiger partial charge in [-0.25, -0.2) is 0 Å². The number of thiocarbonyl (C=S) groups is 1. The Morgan fingerprint density at radius 3 is 2.39 bits per heavy atom. The maximum absolute atomic E-state index is 13.1.